The molecule has 1 aliphatic rings. The van der Waals surface area contributed by atoms with Gasteiger partial charge in [0, 0.05) is 41.5 Å². The van der Waals surface area contributed by atoms with Crippen molar-refractivity contribution in [3.05, 3.63) is 71.5 Å². The molecule has 2 heterocycles. The number of hydrogen-bond donors (Lipinski definition) is 1. The molecule has 0 bridgehead atoms. The van der Waals surface area contributed by atoms with Gasteiger partial charge in [-0.05, 0) is 35.9 Å². The van der Waals surface area contributed by atoms with Gasteiger partial charge in [0.25, 0.3) is 0 Å². The molecule has 4 rings (SSSR count). The number of nitrogens with zero attached hydrogens (tertiary/aromatic N) is 1. The number of carbonyl (C=O) groups excluding carboxylic acids is 2. The molecule has 0 saturated heterocycles. The van der Waals surface area contributed by atoms with Gasteiger partial charge in [0.2, 0.25) is 10.0 Å². The van der Waals surface area contributed by atoms with E-state index in [1.54, 1.807) is 43.5 Å². The van der Waals surface area contributed by atoms with Gasteiger partial charge in [0.1, 0.15) is 0 Å². The Bertz CT molecular complexity index is 1340. The minimum Gasteiger partial charge on any atom is -0.493 e. The maximum atomic E-state index is 13.3. The SMILES string of the molecule is COC(=O)CS(=O)(=O)Nc1ccc([C@@H]2CC(=O)c3cc(OC)c(OC)cc3-n3cccc32)cc1. The number of ketones is 1. The van der Waals surface area contributed by atoms with Crippen LogP contribution < -0.4 is 14.2 Å². The third-order valence-corrected chi connectivity index (χ3v) is 6.87. The van der Waals surface area contributed by atoms with Crippen LogP contribution in [0.5, 0.6) is 11.5 Å². The molecule has 1 aliphatic heterocycles. The first kappa shape index (κ1) is 23.4. The largest absolute Gasteiger partial charge is 0.493 e. The quantitative estimate of drug-likeness (QED) is 0.513. The summed E-state index contributed by atoms with van der Waals surface area (Å²) in [7, 11) is 0.301. The number of ether oxygens (including phenoxy) is 3. The molecular formula is C24H24N2O7S. The molecule has 10 heteroatoms. The van der Waals surface area contributed by atoms with E-state index in [1.807, 2.05) is 22.9 Å². The van der Waals surface area contributed by atoms with Crippen molar-refractivity contribution in [3.63, 3.8) is 0 Å². The molecule has 2 aromatic carbocycles. The number of carbonyl (C=O) groups is 2. The molecule has 1 N–H and O–H groups in total. The van der Waals surface area contributed by atoms with Crippen molar-refractivity contribution in [3.8, 4) is 17.2 Å². The minimum absolute atomic E-state index is 0.0486. The van der Waals surface area contributed by atoms with E-state index in [2.05, 4.69) is 9.46 Å². The predicted octanol–water partition coefficient (Wildman–Crippen LogP) is 3.13. The lowest BCUT2D eigenvalue weighted by molar-refractivity contribution is -0.137. The first-order valence-corrected chi connectivity index (χ1v) is 12.1. The molecule has 0 unspecified atom stereocenters. The van der Waals surface area contributed by atoms with E-state index in [9.17, 15) is 18.0 Å². The number of nitrogens with one attached hydrogen (secondary N) is 1. The van der Waals surface area contributed by atoms with Crippen LogP contribution in [0, 0.1) is 0 Å². The fourth-order valence-electron chi connectivity index (χ4n) is 4.09. The topological polar surface area (TPSA) is 113 Å². The summed E-state index contributed by atoms with van der Waals surface area (Å²) >= 11 is 0. The summed E-state index contributed by atoms with van der Waals surface area (Å²) in [5.41, 5.74) is 3.30. The summed E-state index contributed by atoms with van der Waals surface area (Å²) in [6.07, 6.45) is 2.11. The number of fused-ring (bicyclic) bond motifs is 3. The smallest absolute Gasteiger partial charge is 0.322 e. The van der Waals surface area contributed by atoms with E-state index < -0.39 is 21.7 Å². The van der Waals surface area contributed by atoms with E-state index >= 15 is 0 Å². The molecule has 1 atom stereocenters. The summed E-state index contributed by atoms with van der Waals surface area (Å²) in [6, 6.07) is 14.1. The van der Waals surface area contributed by atoms with Crippen molar-refractivity contribution >= 4 is 27.5 Å². The molecule has 0 saturated carbocycles. The van der Waals surface area contributed by atoms with Crippen LogP contribution in [-0.4, -0.2) is 51.8 Å². The highest BCUT2D eigenvalue weighted by molar-refractivity contribution is 7.93. The predicted molar refractivity (Wildman–Crippen MR) is 126 cm³/mol. The van der Waals surface area contributed by atoms with E-state index in [0.29, 0.717) is 28.4 Å². The Morgan fingerprint density at radius 1 is 1.06 bits per heavy atom. The van der Waals surface area contributed by atoms with Crippen molar-refractivity contribution in [1.82, 2.24) is 4.57 Å². The number of anilines is 1. The Hall–Kier alpha value is -3.79. The maximum absolute atomic E-state index is 13.3. The van der Waals surface area contributed by atoms with Gasteiger partial charge >= 0.3 is 5.97 Å². The Labute approximate surface area is 197 Å². The zero-order chi connectivity index (χ0) is 24.5. The van der Waals surface area contributed by atoms with E-state index in [1.165, 1.54) is 7.11 Å². The van der Waals surface area contributed by atoms with Crippen LogP contribution in [0.15, 0.2) is 54.7 Å². The summed E-state index contributed by atoms with van der Waals surface area (Å²) < 4.78 is 43.8. The van der Waals surface area contributed by atoms with Gasteiger partial charge in [-0.2, -0.15) is 0 Å². The maximum Gasteiger partial charge on any atom is 0.322 e. The first-order valence-electron chi connectivity index (χ1n) is 10.4. The average Bonchev–Trinajstić information content (AvgIpc) is 3.27. The van der Waals surface area contributed by atoms with Gasteiger partial charge in [-0.1, -0.05) is 12.1 Å². The van der Waals surface area contributed by atoms with Crippen molar-refractivity contribution in [1.29, 1.82) is 0 Å². The van der Waals surface area contributed by atoms with Gasteiger partial charge in [-0.25, -0.2) is 8.42 Å². The number of Topliss-reactive ketones (excluding diaryl/α,β-unsaturated/α-hetero) is 1. The Balaban J connectivity index is 1.67. The highest BCUT2D eigenvalue weighted by Crippen LogP contribution is 2.40. The molecule has 9 nitrogen and oxygen atoms in total. The van der Waals surface area contributed by atoms with Gasteiger partial charge in [0.05, 0.1) is 27.0 Å². The second-order valence-electron chi connectivity index (χ2n) is 7.77. The van der Waals surface area contributed by atoms with Crippen LogP contribution in [0.4, 0.5) is 5.69 Å². The molecule has 0 radical (unpaired) electrons. The molecule has 178 valence electrons. The van der Waals surface area contributed by atoms with E-state index in [4.69, 9.17) is 9.47 Å². The molecule has 0 spiro atoms. The van der Waals surface area contributed by atoms with E-state index in [-0.39, 0.29) is 18.1 Å². The summed E-state index contributed by atoms with van der Waals surface area (Å²) in [4.78, 5) is 24.6. The van der Waals surface area contributed by atoms with Crippen molar-refractivity contribution in [2.24, 2.45) is 0 Å². The van der Waals surface area contributed by atoms with Crippen LogP contribution in [0.1, 0.15) is 34.0 Å². The van der Waals surface area contributed by atoms with Gasteiger partial charge in [-0.15, -0.1) is 0 Å². The third-order valence-electron chi connectivity index (χ3n) is 5.71. The lowest BCUT2D eigenvalue weighted by atomic mass is 9.90. The minimum atomic E-state index is -3.89. The molecule has 0 amide bonds. The number of hydrogen-bond acceptors (Lipinski definition) is 7. The van der Waals surface area contributed by atoms with Crippen molar-refractivity contribution in [2.75, 3.05) is 31.8 Å². The van der Waals surface area contributed by atoms with Gasteiger partial charge < -0.3 is 18.8 Å². The number of esters is 1. The Kier molecular flexibility index (Phi) is 6.34. The summed E-state index contributed by atoms with van der Waals surface area (Å²) in [5, 5.41) is 0. The second-order valence-corrected chi connectivity index (χ2v) is 9.49. The molecule has 3 aromatic rings. The average molecular weight is 485 g/mol. The molecular weight excluding hydrogens is 460 g/mol. The zero-order valence-electron chi connectivity index (χ0n) is 18.9. The third kappa shape index (κ3) is 4.49. The number of aromatic nitrogens is 1. The first-order chi connectivity index (χ1) is 16.3. The van der Waals surface area contributed by atoms with Gasteiger partial charge in [-0.3, -0.25) is 14.3 Å². The van der Waals surface area contributed by atoms with E-state index in [0.717, 1.165) is 18.4 Å². The summed E-state index contributed by atoms with van der Waals surface area (Å²) in [5.74, 6) is -0.933. The van der Waals surface area contributed by atoms with Crippen LogP contribution >= 0.6 is 0 Å². The Morgan fingerprint density at radius 3 is 2.38 bits per heavy atom. The molecule has 0 fully saturated rings. The fraction of sp³-hybridized carbons (Fsp3) is 0.250. The van der Waals surface area contributed by atoms with Crippen LogP contribution in [-0.2, 0) is 19.6 Å². The Morgan fingerprint density at radius 2 is 1.74 bits per heavy atom. The number of methoxy groups -OCH3 is 3. The normalized spacial score (nSPS) is 15.0. The number of benzene rings is 2. The highest BCUT2D eigenvalue weighted by Gasteiger charge is 2.30. The monoisotopic (exact) mass is 484 g/mol. The number of sulfonamides is 1. The molecule has 34 heavy (non-hydrogen) atoms. The summed E-state index contributed by atoms with van der Waals surface area (Å²) in [6.45, 7) is 0. The zero-order valence-corrected chi connectivity index (χ0v) is 19.7. The highest BCUT2D eigenvalue weighted by atomic mass is 32.2. The van der Waals surface area contributed by atoms with Crippen LogP contribution in [0.2, 0.25) is 0 Å². The van der Waals surface area contributed by atoms with Crippen molar-refractivity contribution in [2.45, 2.75) is 12.3 Å². The lowest BCUT2D eigenvalue weighted by Crippen LogP contribution is -2.23. The molecule has 0 aliphatic carbocycles. The van der Waals surface area contributed by atoms with Crippen LogP contribution in [0.25, 0.3) is 5.69 Å². The standard InChI is InChI=1S/C24H24N2O7S/c1-31-22-12-18-20(13-23(22)32-2)26-10-4-5-19(26)17(11-21(18)27)15-6-8-16(9-7-15)25-34(29,30)14-24(28)33-3/h4-10,12-13,17,25H,11,14H2,1-3H3/t17-/m0/s1. The lowest BCUT2D eigenvalue weighted by Gasteiger charge is -2.17. The molecule has 1 aromatic heterocycles. The van der Waals surface area contributed by atoms with Crippen molar-refractivity contribution < 1.29 is 32.2 Å². The second kappa shape index (κ2) is 9.22. The van der Waals surface area contributed by atoms with Crippen LogP contribution in [0.3, 0.4) is 0 Å². The van der Waals surface area contributed by atoms with Gasteiger partial charge in [0.15, 0.2) is 23.0 Å². The number of rotatable bonds is 7. The fourth-order valence-corrected chi connectivity index (χ4v) is 5.09.